The first-order valence-electron chi connectivity index (χ1n) is 13.0. The number of benzene rings is 2. The van der Waals surface area contributed by atoms with Gasteiger partial charge in [0.2, 0.25) is 5.88 Å². The van der Waals surface area contributed by atoms with E-state index in [9.17, 15) is 14.7 Å². The van der Waals surface area contributed by atoms with E-state index in [1.165, 1.54) is 13.2 Å². The van der Waals surface area contributed by atoms with Crippen molar-refractivity contribution in [1.82, 2.24) is 20.2 Å². The van der Waals surface area contributed by atoms with E-state index in [4.69, 9.17) is 9.84 Å². The summed E-state index contributed by atoms with van der Waals surface area (Å²) in [7, 11) is 1.53. The summed E-state index contributed by atoms with van der Waals surface area (Å²) in [5, 5.41) is 25.5. The number of aliphatic hydroxyl groups is 1. The molecule has 0 aliphatic carbocycles. The molecule has 3 heterocycles. The molecule has 4 aromatic rings. The van der Waals surface area contributed by atoms with E-state index in [2.05, 4.69) is 20.2 Å². The van der Waals surface area contributed by atoms with Crippen molar-refractivity contribution in [2.75, 3.05) is 26.7 Å². The van der Waals surface area contributed by atoms with Gasteiger partial charge in [-0.2, -0.15) is 0 Å². The highest BCUT2D eigenvalue weighted by Gasteiger charge is 2.23. The van der Waals surface area contributed by atoms with Gasteiger partial charge in [-0.1, -0.05) is 30.3 Å². The van der Waals surface area contributed by atoms with E-state index in [0.717, 1.165) is 53.9 Å². The zero-order valence-corrected chi connectivity index (χ0v) is 21.8. The number of nitrogens with zero attached hydrogens (tertiary/aromatic N) is 2. The van der Waals surface area contributed by atoms with Gasteiger partial charge in [0.05, 0.1) is 18.7 Å². The molecule has 1 aliphatic rings. The topological polar surface area (TPSA) is 128 Å². The molecule has 0 amide bonds. The summed E-state index contributed by atoms with van der Waals surface area (Å²) in [5.74, 6) is -0.608. The summed E-state index contributed by atoms with van der Waals surface area (Å²) in [6.45, 7) is 2.60. The number of β-amino-alcohol motifs (C(OH)–C–C–N with tert-alkyl or cyclic N) is 1. The number of aromatic nitrogens is 2. The van der Waals surface area contributed by atoms with Crippen LogP contribution in [0.5, 0.6) is 5.88 Å². The van der Waals surface area contributed by atoms with Crippen LogP contribution in [-0.4, -0.2) is 63.8 Å². The fourth-order valence-electron chi connectivity index (χ4n) is 5.17. The van der Waals surface area contributed by atoms with Gasteiger partial charge in [0.15, 0.2) is 0 Å². The number of pyridine rings is 2. The summed E-state index contributed by atoms with van der Waals surface area (Å²) < 4.78 is 5.30. The fraction of sp³-hybridized carbons (Fsp3) is 0.300. The molecule has 9 heteroatoms. The van der Waals surface area contributed by atoms with Gasteiger partial charge < -0.3 is 30.2 Å². The number of para-hydroxylation sites is 1. The SMILES string of the molecule is COc1ccc2c(/C=C/C(=O)O)ccc(C(O)CN3CCC(NCc4cc5ccccc5[nH]c4=O)CC3)c2n1. The molecule has 1 aliphatic heterocycles. The molecule has 9 nitrogen and oxygen atoms in total. The Labute approximate surface area is 225 Å². The Balaban J connectivity index is 1.22. The fourth-order valence-corrected chi connectivity index (χ4v) is 5.17. The van der Waals surface area contributed by atoms with Crippen LogP contribution < -0.4 is 15.6 Å². The Morgan fingerprint density at radius 3 is 2.77 bits per heavy atom. The number of hydrogen-bond donors (Lipinski definition) is 4. The molecule has 0 saturated carbocycles. The number of nitrogens with one attached hydrogen (secondary N) is 2. The number of ether oxygens (including phenoxy) is 1. The summed E-state index contributed by atoms with van der Waals surface area (Å²) >= 11 is 0. The van der Waals surface area contributed by atoms with Gasteiger partial charge in [-0.15, -0.1) is 0 Å². The van der Waals surface area contributed by atoms with Crippen molar-refractivity contribution in [3.05, 3.63) is 87.7 Å². The van der Waals surface area contributed by atoms with E-state index in [0.29, 0.717) is 35.6 Å². The minimum absolute atomic E-state index is 0.0660. The van der Waals surface area contributed by atoms with Crippen LogP contribution in [0.2, 0.25) is 0 Å². The number of carboxylic acid groups (broad SMARTS) is 1. The number of rotatable bonds is 9. The Morgan fingerprint density at radius 1 is 1.21 bits per heavy atom. The molecule has 202 valence electrons. The maximum Gasteiger partial charge on any atom is 0.328 e. The maximum atomic E-state index is 12.5. The summed E-state index contributed by atoms with van der Waals surface area (Å²) in [4.78, 5) is 33.2. The van der Waals surface area contributed by atoms with Crippen LogP contribution in [0.4, 0.5) is 0 Å². The summed E-state index contributed by atoms with van der Waals surface area (Å²) in [6.07, 6.45) is 3.65. The number of aliphatic hydroxyl groups excluding tert-OH is 1. The van der Waals surface area contributed by atoms with E-state index in [1.807, 2.05) is 36.4 Å². The largest absolute Gasteiger partial charge is 0.481 e. The molecule has 1 unspecified atom stereocenters. The van der Waals surface area contributed by atoms with Crippen LogP contribution in [0.1, 0.15) is 35.6 Å². The number of piperidine rings is 1. The van der Waals surface area contributed by atoms with E-state index >= 15 is 0 Å². The zero-order chi connectivity index (χ0) is 27.4. The third-order valence-corrected chi connectivity index (χ3v) is 7.30. The molecule has 1 fully saturated rings. The number of aliphatic carboxylic acids is 1. The number of carboxylic acids is 1. The molecule has 39 heavy (non-hydrogen) atoms. The lowest BCUT2D eigenvalue weighted by molar-refractivity contribution is -0.131. The van der Waals surface area contributed by atoms with Crippen molar-refractivity contribution in [3.8, 4) is 5.88 Å². The van der Waals surface area contributed by atoms with Gasteiger partial charge >= 0.3 is 5.97 Å². The Hall–Kier alpha value is -4.05. The lowest BCUT2D eigenvalue weighted by Gasteiger charge is -2.33. The average Bonchev–Trinajstić information content (AvgIpc) is 2.95. The molecule has 4 N–H and O–H groups in total. The number of hydrogen-bond acceptors (Lipinski definition) is 7. The van der Waals surface area contributed by atoms with Crippen LogP contribution in [0.15, 0.2) is 65.5 Å². The molecule has 2 aromatic carbocycles. The van der Waals surface area contributed by atoms with Crippen molar-refractivity contribution in [1.29, 1.82) is 0 Å². The molecular formula is C30H32N4O5. The molecule has 5 rings (SSSR count). The monoisotopic (exact) mass is 528 g/mol. The minimum atomic E-state index is -1.03. The number of fused-ring (bicyclic) bond motifs is 2. The van der Waals surface area contributed by atoms with Crippen molar-refractivity contribution >= 4 is 33.9 Å². The van der Waals surface area contributed by atoms with Crippen LogP contribution in [0.3, 0.4) is 0 Å². The lowest BCUT2D eigenvalue weighted by atomic mass is 9.98. The van der Waals surface area contributed by atoms with Crippen LogP contribution >= 0.6 is 0 Å². The van der Waals surface area contributed by atoms with Crippen LogP contribution in [0, 0.1) is 0 Å². The number of likely N-dealkylation sites (tertiary alicyclic amines) is 1. The number of aromatic amines is 1. The summed E-state index contributed by atoms with van der Waals surface area (Å²) in [6, 6.07) is 17.2. The quantitative estimate of drug-likeness (QED) is 0.243. The Morgan fingerprint density at radius 2 is 2.00 bits per heavy atom. The Kier molecular flexibility index (Phi) is 8.02. The molecule has 1 atom stereocenters. The smallest absolute Gasteiger partial charge is 0.328 e. The second-order valence-electron chi connectivity index (χ2n) is 9.85. The minimum Gasteiger partial charge on any atom is -0.481 e. The van der Waals surface area contributed by atoms with Gasteiger partial charge in [0.1, 0.15) is 0 Å². The molecule has 2 aromatic heterocycles. The third kappa shape index (κ3) is 6.17. The Bertz CT molecular complexity index is 1570. The first-order chi connectivity index (χ1) is 18.9. The van der Waals surface area contributed by atoms with Crippen molar-refractivity contribution in [2.24, 2.45) is 0 Å². The van der Waals surface area contributed by atoms with Gasteiger partial charge in [-0.25, -0.2) is 9.78 Å². The van der Waals surface area contributed by atoms with E-state index in [1.54, 1.807) is 18.2 Å². The average molecular weight is 529 g/mol. The number of H-pyrrole nitrogens is 1. The highest BCUT2D eigenvalue weighted by Crippen LogP contribution is 2.29. The molecule has 0 spiro atoms. The van der Waals surface area contributed by atoms with Gasteiger partial charge in [0, 0.05) is 53.3 Å². The molecule has 0 radical (unpaired) electrons. The highest BCUT2D eigenvalue weighted by atomic mass is 16.5. The molecular weight excluding hydrogens is 496 g/mol. The van der Waals surface area contributed by atoms with Gasteiger partial charge in [-0.3, -0.25) is 4.79 Å². The van der Waals surface area contributed by atoms with Crippen molar-refractivity contribution in [2.45, 2.75) is 31.5 Å². The first kappa shape index (κ1) is 26.6. The molecule has 1 saturated heterocycles. The predicted octanol–water partition coefficient (Wildman–Crippen LogP) is 3.47. The predicted molar refractivity (Wildman–Crippen MR) is 151 cm³/mol. The van der Waals surface area contributed by atoms with E-state index < -0.39 is 12.1 Å². The standard InChI is InChI=1S/C30H32N4O5/c1-39-27-10-9-23-19(7-11-28(36)37)6-8-24(29(23)33-27)26(35)18-34-14-12-22(13-15-34)31-17-21-16-20-4-2-3-5-25(20)32-30(21)38/h2-11,16,22,26,31,35H,12-15,17-18H2,1H3,(H,32,38)(H,36,37)/b11-7+. The normalized spacial score (nSPS) is 15.7. The highest BCUT2D eigenvalue weighted by molar-refractivity contribution is 5.94. The molecule has 0 bridgehead atoms. The van der Waals surface area contributed by atoms with Gasteiger partial charge in [-0.05, 0) is 61.2 Å². The lowest BCUT2D eigenvalue weighted by Crippen LogP contribution is -2.44. The maximum absolute atomic E-state index is 12.5. The second-order valence-corrected chi connectivity index (χ2v) is 9.85. The van der Waals surface area contributed by atoms with Crippen molar-refractivity contribution < 1.29 is 19.7 Å². The van der Waals surface area contributed by atoms with Crippen LogP contribution in [-0.2, 0) is 11.3 Å². The van der Waals surface area contributed by atoms with Crippen molar-refractivity contribution in [3.63, 3.8) is 0 Å². The second kappa shape index (κ2) is 11.8. The number of methoxy groups -OCH3 is 1. The number of carbonyl (C=O) groups is 1. The first-order valence-corrected chi connectivity index (χ1v) is 13.0. The van der Waals surface area contributed by atoms with Crippen LogP contribution in [0.25, 0.3) is 27.9 Å². The zero-order valence-electron chi connectivity index (χ0n) is 21.8. The summed E-state index contributed by atoms with van der Waals surface area (Å²) in [5.41, 5.74) is 3.46. The third-order valence-electron chi connectivity index (χ3n) is 7.30. The van der Waals surface area contributed by atoms with E-state index in [-0.39, 0.29) is 11.6 Å². The van der Waals surface area contributed by atoms with Gasteiger partial charge in [0.25, 0.3) is 5.56 Å².